The van der Waals surface area contributed by atoms with Crippen LogP contribution in [0.25, 0.3) is 10.9 Å². The first-order valence-electron chi connectivity index (χ1n) is 7.17. The number of rotatable bonds is 4. The van der Waals surface area contributed by atoms with E-state index in [-0.39, 0.29) is 5.43 Å². The van der Waals surface area contributed by atoms with Crippen molar-refractivity contribution in [1.29, 1.82) is 0 Å². The number of para-hydroxylation sites is 1. The van der Waals surface area contributed by atoms with Crippen molar-refractivity contribution in [2.24, 2.45) is 0 Å². The Balaban J connectivity index is 2.06. The van der Waals surface area contributed by atoms with Crippen LogP contribution in [0.2, 0.25) is 0 Å². The molecule has 0 atom stereocenters. The fraction of sp³-hybridized carbons (Fsp3) is 0.167. The fourth-order valence-electron chi connectivity index (χ4n) is 2.42. The molecule has 4 heteroatoms. The molecule has 0 N–H and O–H groups in total. The third-order valence-corrected chi connectivity index (χ3v) is 4.60. The van der Waals surface area contributed by atoms with Gasteiger partial charge in [-0.05, 0) is 43.3 Å². The lowest BCUT2D eigenvalue weighted by molar-refractivity contribution is 0.414. The Labute approximate surface area is 133 Å². The highest BCUT2D eigenvalue weighted by Crippen LogP contribution is 2.28. The van der Waals surface area contributed by atoms with Crippen LogP contribution in [0, 0.1) is 0 Å². The Hall–Kier alpha value is -2.20. The first-order chi connectivity index (χ1) is 10.7. The summed E-state index contributed by atoms with van der Waals surface area (Å²) in [4.78, 5) is 14.4. The van der Waals surface area contributed by atoms with Gasteiger partial charge in [0, 0.05) is 23.0 Å². The molecule has 1 aromatic heterocycles. The Kier molecular flexibility index (Phi) is 4.20. The number of hydrogen-bond donors (Lipinski definition) is 0. The van der Waals surface area contributed by atoms with Crippen LogP contribution in [0.15, 0.2) is 69.3 Å². The molecule has 0 aliphatic heterocycles. The number of aromatic nitrogens is 1. The third kappa shape index (κ3) is 2.74. The van der Waals surface area contributed by atoms with Crippen LogP contribution in [0.1, 0.15) is 6.92 Å². The zero-order valence-electron chi connectivity index (χ0n) is 12.6. The van der Waals surface area contributed by atoms with E-state index < -0.39 is 0 Å². The van der Waals surface area contributed by atoms with Gasteiger partial charge in [0.1, 0.15) is 5.75 Å². The molecule has 3 nitrogen and oxygen atoms in total. The van der Waals surface area contributed by atoms with Gasteiger partial charge in [-0.25, -0.2) is 0 Å². The third-order valence-electron chi connectivity index (χ3n) is 3.58. The summed E-state index contributed by atoms with van der Waals surface area (Å²) in [7, 11) is 1.64. The van der Waals surface area contributed by atoms with Crippen molar-refractivity contribution in [2.45, 2.75) is 23.3 Å². The second-order valence-corrected chi connectivity index (χ2v) is 6.02. The minimum Gasteiger partial charge on any atom is -0.497 e. The van der Waals surface area contributed by atoms with Crippen LogP contribution >= 0.6 is 11.8 Å². The second kappa shape index (κ2) is 6.28. The molecule has 0 bridgehead atoms. The lowest BCUT2D eigenvalue weighted by Crippen LogP contribution is -2.10. The number of nitrogens with zero attached hydrogens (tertiary/aromatic N) is 1. The van der Waals surface area contributed by atoms with E-state index in [9.17, 15) is 4.79 Å². The van der Waals surface area contributed by atoms with Gasteiger partial charge >= 0.3 is 0 Å². The number of methoxy groups -OCH3 is 1. The Morgan fingerprint density at radius 2 is 1.82 bits per heavy atom. The maximum absolute atomic E-state index is 12.7. The van der Waals surface area contributed by atoms with Gasteiger partial charge in [-0.15, -0.1) is 0 Å². The van der Waals surface area contributed by atoms with Crippen LogP contribution in [-0.2, 0) is 6.54 Å². The Bertz CT molecular complexity index is 853. The number of ether oxygens (including phenoxy) is 1. The standard InChI is InChI=1S/C18H17NO2S/c1-3-19-12-17(18(20)15-6-4-5-7-16(15)19)22-14-10-8-13(21-2)9-11-14/h4-12H,3H2,1-2H3. The zero-order chi connectivity index (χ0) is 15.5. The molecule has 0 saturated carbocycles. The van der Waals surface area contributed by atoms with Crippen molar-refractivity contribution in [1.82, 2.24) is 4.57 Å². The quantitative estimate of drug-likeness (QED) is 0.724. The molecule has 112 valence electrons. The van der Waals surface area contributed by atoms with E-state index in [1.165, 1.54) is 11.8 Å². The van der Waals surface area contributed by atoms with Gasteiger partial charge < -0.3 is 9.30 Å². The molecular weight excluding hydrogens is 294 g/mol. The van der Waals surface area contributed by atoms with Crippen molar-refractivity contribution in [3.05, 3.63) is 65.0 Å². The second-order valence-electron chi connectivity index (χ2n) is 4.90. The summed E-state index contributed by atoms with van der Waals surface area (Å²) in [5.74, 6) is 0.814. The number of fused-ring (bicyclic) bond motifs is 1. The average molecular weight is 311 g/mol. The fourth-order valence-corrected chi connectivity index (χ4v) is 3.33. The summed E-state index contributed by atoms with van der Waals surface area (Å²) in [5, 5.41) is 0.767. The van der Waals surface area contributed by atoms with Gasteiger partial charge in [0.25, 0.3) is 0 Å². The monoisotopic (exact) mass is 311 g/mol. The van der Waals surface area contributed by atoms with Crippen LogP contribution in [0.5, 0.6) is 5.75 Å². The SMILES string of the molecule is CCn1cc(Sc2ccc(OC)cc2)c(=O)c2ccccc21. The number of aryl methyl sites for hydroxylation is 1. The summed E-state index contributed by atoms with van der Waals surface area (Å²) in [6.45, 7) is 2.91. The van der Waals surface area contributed by atoms with E-state index in [0.717, 1.165) is 33.0 Å². The highest BCUT2D eigenvalue weighted by atomic mass is 32.2. The van der Waals surface area contributed by atoms with Crippen molar-refractivity contribution in [2.75, 3.05) is 7.11 Å². The maximum atomic E-state index is 12.7. The van der Waals surface area contributed by atoms with Gasteiger partial charge in [-0.1, -0.05) is 23.9 Å². The normalized spacial score (nSPS) is 10.8. The molecular formula is C18H17NO2S. The predicted octanol–water partition coefficient (Wildman–Crippen LogP) is 4.18. The van der Waals surface area contributed by atoms with E-state index in [1.54, 1.807) is 7.11 Å². The van der Waals surface area contributed by atoms with Crippen LogP contribution in [0.3, 0.4) is 0 Å². The molecule has 0 aliphatic rings. The van der Waals surface area contributed by atoms with Crippen molar-refractivity contribution >= 4 is 22.7 Å². The number of pyridine rings is 1. The van der Waals surface area contributed by atoms with Crippen LogP contribution < -0.4 is 10.2 Å². The summed E-state index contributed by atoms with van der Waals surface area (Å²) in [6, 6.07) is 15.5. The highest BCUT2D eigenvalue weighted by Gasteiger charge is 2.09. The first kappa shape index (κ1) is 14.7. The first-order valence-corrected chi connectivity index (χ1v) is 7.98. The Morgan fingerprint density at radius 1 is 1.09 bits per heavy atom. The molecule has 0 aliphatic carbocycles. The zero-order valence-corrected chi connectivity index (χ0v) is 13.4. The summed E-state index contributed by atoms with van der Waals surface area (Å²) in [5.41, 5.74) is 1.06. The number of hydrogen-bond acceptors (Lipinski definition) is 3. The van der Waals surface area contributed by atoms with E-state index in [0.29, 0.717) is 0 Å². The summed E-state index contributed by atoms with van der Waals surface area (Å²) >= 11 is 1.49. The van der Waals surface area contributed by atoms with E-state index in [2.05, 4.69) is 11.5 Å². The van der Waals surface area contributed by atoms with Gasteiger partial charge in [0.05, 0.1) is 17.5 Å². The molecule has 0 radical (unpaired) electrons. The van der Waals surface area contributed by atoms with Crippen molar-refractivity contribution in [3.8, 4) is 5.75 Å². The Morgan fingerprint density at radius 3 is 2.50 bits per heavy atom. The van der Waals surface area contributed by atoms with Gasteiger partial charge in [-0.3, -0.25) is 4.79 Å². The molecule has 0 saturated heterocycles. The molecule has 0 spiro atoms. The highest BCUT2D eigenvalue weighted by molar-refractivity contribution is 7.99. The molecule has 2 aromatic carbocycles. The topological polar surface area (TPSA) is 31.2 Å². The maximum Gasteiger partial charge on any atom is 0.203 e. The van der Waals surface area contributed by atoms with E-state index in [1.807, 2.05) is 54.7 Å². The molecule has 1 heterocycles. The summed E-state index contributed by atoms with van der Waals surface area (Å²) < 4.78 is 7.28. The van der Waals surface area contributed by atoms with Crippen molar-refractivity contribution < 1.29 is 4.74 Å². The van der Waals surface area contributed by atoms with Gasteiger partial charge in [-0.2, -0.15) is 0 Å². The molecule has 0 fully saturated rings. The van der Waals surface area contributed by atoms with E-state index in [4.69, 9.17) is 4.74 Å². The summed E-state index contributed by atoms with van der Waals surface area (Å²) in [6.07, 6.45) is 1.94. The minimum atomic E-state index is 0.0844. The molecule has 0 unspecified atom stereocenters. The van der Waals surface area contributed by atoms with Gasteiger partial charge in [0.2, 0.25) is 5.43 Å². The largest absolute Gasteiger partial charge is 0.497 e. The molecule has 3 rings (SSSR count). The predicted molar refractivity (Wildman–Crippen MR) is 91.0 cm³/mol. The minimum absolute atomic E-state index is 0.0844. The molecule has 0 amide bonds. The van der Waals surface area contributed by atoms with Gasteiger partial charge in [0.15, 0.2) is 0 Å². The lowest BCUT2D eigenvalue weighted by atomic mass is 10.2. The van der Waals surface area contributed by atoms with Crippen molar-refractivity contribution in [3.63, 3.8) is 0 Å². The van der Waals surface area contributed by atoms with E-state index >= 15 is 0 Å². The van der Waals surface area contributed by atoms with Crippen LogP contribution in [0.4, 0.5) is 0 Å². The molecule has 3 aromatic rings. The average Bonchev–Trinajstić information content (AvgIpc) is 2.58. The number of benzene rings is 2. The lowest BCUT2D eigenvalue weighted by Gasteiger charge is -2.11. The smallest absolute Gasteiger partial charge is 0.203 e. The van der Waals surface area contributed by atoms with Crippen LogP contribution in [-0.4, -0.2) is 11.7 Å². The molecule has 22 heavy (non-hydrogen) atoms.